The Morgan fingerprint density at radius 2 is 2.08 bits per heavy atom. The monoisotopic (exact) mass is 327 g/mol. The van der Waals surface area contributed by atoms with E-state index in [0.29, 0.717) is 23.0 Å². The first kappa shape index (κ1) is 14.6. The summed E-state index contributed by atoms with van der Waals surface area (Å²) in [6.45, 7) is 0. The summed E-state index contributed by atoms with van der Waals surface area (Å²) >= 11 is 0. The molecular weight excluding hydrogens is 314 g/mol. The molecule has 7 heteroatoms. The summed E-state index contributed by atoms with van der Waals surface area (Å²) in [5, 5.41) is 9.55. The Morgan fingerprint density at radius 1 is 1.33 bits per heavy atom. The number of aliphatic carboxylic acids is 1. The van der Waals surface area contributed by atoms with Gasteiger partial charge in [0.1, 0.15) is 12.0 Å². The summed E-state index contributed by atoms with van der Waals surface area (Å²) in [5.41, 5.74) is 1.30. The Bertz CT molecular complexity index is 826. The van der Waals surface area contributed by atoms with Crippen molar-refractivity contribution < 1.29 is 29.0 Å². The number of nitrogens with zero attached hydrogens (tertiary/aromatic N) is 1. The van der Waals surface area contributed by atoms with E-state index in [1.165, 1.54) is 4.90 Å². The van der Waals surface area contributed by atoms with E-state index in [1.807, 2.05) is 0 Å². The number of fused-ring (bicyclic) bond motifs is 2. The molecule has 0 radical (unpaired) electrons. The van der Waals surface area contributed by atoms with Crippen LogP contribution in [0.1, 0.15) is 34.9 Å². The maximum Gasteiger partial charge on any atom is 0.352 e. The Morgan fingerprint density at radius 3 is 2.79 bits per heavy atom. The van der Waals surface area contributed by atoms with E-state index < -0.39 is 24.0 Å². The molecule has 122 valence electrons. The zero-order valence-corrected chi connectivity index (χ0v) is 12.5. The van der Waals surface area contributed by atoms with Gasteiger partial charge in [-0.05, 0) is 12.5 Å². The van der Waals surface area contributed by atoms with E-state index in [1.54, 1.807) is 24.3 Å². The lowest BCUT2D eigenvalue weighted by Gasteiger charge is -2.42. The highest BCUT2D eigenvalue weighted by atomic mass is 16.5. The summed E-state index contributed by atoms with van der Waals surface area (Å²) in [6.07, 6.45) is 0.234. The van der Waals surface area contributed by atoms with Crippen molar-refractivity contribution in [2.75, 3.05) is 0 Å². The summed E-state index contributed by atoms with van der Waals surface area (Å²) in [5.74, 6) is -2.59. The van der Waals surface area contributed by atoms with Gasteiger partial charge >= 0.3 is 11.9 Å². The zero-order chi connectivity index (χ0) is 17.0. The van der Waals surface area contributed by atoms with Gasteiger partial charge in [0.25, 0.3) is 0 Å². The van der Waals surface area contributed by atoms with Crippen molar-refractivity contribution >= 4 is 24.1 Å². The maximum absolute atomic E-state index is 12.2. The van der Waals surface area contributed by atoms with Gasteiger partial charge in [0, 0.05) is 17.6 Å². The Balaban J connectivity index is 1.76. The summed E-state index contributed by atoms with van der Waals surface area (Å²) in [7, 11) is 0. The number of cyclic esters (lactones) is 1. The van der Waals surface area contributed by atoms with Gasteiger partial charge in [-0.25, -0.2) is 9.59 Å². The van der Waals surface area contributed by atoms with Crippen LogP contribution in [-0.2, 0) is 19.1 Å². The Kier molecular flexibility index (Phi) is 3.06. The third-order valence-corrected chi connectivity index (χ3v) is 4.88. The second-order valence-electron chi connectivity index (χ2n) is 6.04. The lowest BCUT2D eigenvalue weighted by atomic mass is 9.84. The molecule has 1 aromatic carbocycles. The largest absolute Gasteiger partial charge is 0.477 e. The van der Waals surface area contributed by atoms with Crippen molar-refractivity contribution in [2.24, 2.45) is 5.92 Å². The van der Waals surface area contributed by atoms with Crippen LogP contribution in [0.2, 0.25) is 0 Å². The number of benzene rings is 1. The molecule has 1 saturated heterocycles. The van der Waals surface area contributed by atoms with E-state index in [4.69, 9.17) is 4.74 Å². The van der Waals surface area contributed by atoms with Crippen LogP contribution in [-0.4, -0.2) is 40.2 Å². The third-order valence-electron chi connectivity index (χ3n) is 4.88. The first-order valence-corrected chi connectivity index (χ1v) is 7.57. The fraction of sp³-hybridized carbons (Fsp3) is 0.294. The van der Waals surface area contributed by atoms with Gasteiger partial charge in [0.05, 0.1) is 17.5 Å². The number of carboxylic acids is 1. The molecule has 4 rings (SSSR count). The topological polar surface area (TPSA) is 101 Å². The van der Waals surface area contributed by atoms with Crippen molar-refractivity contribution in [3.05, 3.63) is 46.7 Å². The second kappa shape index (κ2) is 5.02. The summed E-state index contributed by atoms with van der Waals surface area (Å²) < 4.78 is 5.38. The molecular formula is C17H13NO6. The lowest BCUT2D eigenvalue weighted by molar-refractivity contribution is -0.155. The fourth-order valence-electron chi connectivity index (χ4n) is 3.83. The molecule has 3 heterocycles. The third kappa shape index (κ3) is 1.78. The minimum absolute atomic E-state index is 0.0707. The molecule has 3 atom stereocenters. The number of esters is 1. The molecule has 3 aliphatic heterocycles. The van der Waals surface area contributed by atoms with Crippen LogP contribution in [0.25, 0.3) is 0 Å². The van der Waals surface area contributed by atoms with Gasteiger partial charge in [0.15, 0.2) is 6.10 Å². The number of hydrogen-bond donors (Lipinski definition) is 1. The van der Waals surface area contributed by atoms with Gasteiger partial charge in [-0.15, -0.1) is 0 Å². The molecule has 3 aliphatic rings. The second-order valence-corrected chi connectivity index (χ2v) is 6.04. The van der Waals surface area contributed by atoms with Gasteiger partial charge in [0.2, 0.25) is 5.91 Å². The van der Waals surface area contributed by atoms with Gasteiger partial charge in [-0.3, -0.25) is 4.79 Å². The van der Waals surface area contributed by atoms with Crippen LogP contribution >= 0.6 is 0 Å². The van der Waals surface area contributed by atoms with Crippen LogP contribution in [0, 0.1) is 5.92 Å². The molecule has 0 bridgehead atoms. The molecule has 1 amide bonds. The number of hydrogen-bond acceptors (Lipinski definition) is 5. The van der Waals surface area contributed by atoms with Crippen molar-refractivity contribution in [2.45, 2.75) is 25.0 Å². The van der Waals surface area contributed by atoms with Crippen LogP contribution in [0.4, 0.5) is 0 Å². The van der Waals surface area contributed by atoms with E-state index in [2.05, 4.69) is 0 Å². The van der Waals surface area contributed by atoms with Crippen molar-refractivity contribution in [3.8, 4) is 0 Å². The van der Waals surface area contributed by atoms with Crippen LogP contribution in [0.3, 0.4) is 0 Å². The molecule has 1 aromatic rings. The van der Waals surface area contributed by atoms with Crippen LogP contribution < -0.4 is 0 Å². The van der Waals surface area contributed by atoms with Crippen LogP contribution in [0.15, 0.2) is 35.5 Å². The number of ether oxygens (including phenoxy) is 1. The van der Waals surface area contributed by atoms with Gasteiger partial charge < -0.3 is 19.5 Å². The molecule has 1 N–H and O–H groups in total. The van der Waals surface area contributed by atoms with Crippen molar-refractivity contribution in [1.29, 1.82) is 0 Å². The number of amides is 1. The highest BCUT2D eigenvalue weighted by Gasteiger charge is 2.56. The number of carbonyl (C=O) groups is 4. The maximum atomic E-state index is 12.2. The summed E-state index contributed by atoms with van der Waals surface area (Å²) in [4.78, 5) is 47.8. The Hall–Kier alpha value is -2.96. The average molecular weight is 327 g/mol. The predicted octanol–water partition coefficient (Wildman–Crippen LogP) is 1.06. The predicted molar refractivity (Wildman–Crippen MR) is 78.7 cm³/mol. The zero-order valence-electron chi connectivity index (χ0n) is 12.5. The lowest BCUT2D eigenvalue weighted by Crippen LogP contribution is -2.58. The number of carbonyl (C=O) groups excluding carboxylic acids is 3. The minimum atomic E-state index is -1.23. The molecule has 0 saturated carbocycles. The Labute approximate surface area is 136 Å². The highest BCUT2D eigenvalue weighted by Crippen LogP contribution is 2.49. The molecule has 1 fully saturated rings. The highest BCUT2D eigenvalue weighted by molar-refractivity contribution is 6.01. The van der Waals surface area contributed by atoms with Gasteiger partial charge in [-0.2, -0.15) is 0 Å². The summed E-state index contributed by atoms with van der Waals surface area (Å²) in [6, 6.07) is 6.45. The van der Waals surface area contributed by atoms with Crippen LogP contribution in [0.5, 0.6) is 0 Å². The normalized spacial score (nSPS) is 27.5. The molecule has 0 spiro atoms. The molecule has 7 nitrogen and oxygen atoms in total. The molecule has 3 unspecified atom stereocenters. The minimum Gasteiger partial charge on any atom is -0.477 e. The van der Waals surface area contributed by atoms with E-state index in [0.717, 1.165) is 0 Å². The number of β-lactam (4-membered cyclic amide) rings is 1. The van der Waals surface area contributed by atoms with Gasteiger partial charge in [-0.1, -0.05) is 18.2 Å². The fourth-order valence-corrected chi connectivity index (χ4v) is 3.83. The number of rotatable bonds is 4. The number of carboxylic acid groups (broad SMARTS) is 1. The van der Waals surface area contributed by atoms with E-state index in [9.17, 15) is 24.3 Å². The average Bonchev–Trinajstić information content (AvgIpc) is 3.09. The molecule has 0 aliphatic carbocycles. The SMILES string of the molecule is O=CCC1C(=O)N2C(C(=O)O)=C(C3OC(=O)c4ccccc43)CC12. The first-order chi connectivity index (χ1) is 11.5. The number of aldehydes is 1. The van der Waals surface area contributed by atoms with Crippen molar-refractivity contribution in [1.82, 2.24) is 4.90 Å². The van der Waals surface area contributed by atoms with Crippen molar-refractivity contribution in [3.63, 3.8) is 0 Å². The first-order valence-electron chi connectivity index (χ1n) is 7.57. The standard InChI is InChI=1S/C17H13NO6/c19-6-5-10-12-7-11(13(16(21)22)18(12)15(10)20)14-8-3-1-2-4-9(8)17(23)24-14/h1-4,6,10,12,14H,5,7H2,(H,21,22). The van der Waals surface area contributed by atoms with E-state index >= 15 is 0 Å². The molecule has 24 heavy (non-hydrogen) atoms. The quantitative estimate of drug-likeness (QED) is 0.504. The smallest absolute Gasteiger partial charge is 0.352 e. The van der Waals surface area contributed by atoms with E-state index in [-0.39, 0.29) is 30.5 Å². The molecule has 0 aromatic heterocycles.